The fraction of sp³-hybridized carbons (Fsp3) is 0.440. The molecule has 0 aromatic heterocycles. The fourth-order valence-corrected chi connectivity index (χ4v) is 3.73. The molecule has 0 radical (unpaired) electrons. The van der Waals surface area contributed by atoms with E-state index in [1.807, 2.05) is 47.4 Å². The second-order valence-electron chi connectivity index (χ2n) is 7.73. The van der Waals surface area contributed by atoms with Crippen LogP contribution >= 0.6 is 0 Å². The minimum Gasteiger partial charge on any atom is -0.493 e. The second-order valence-corrected chi connectivity index (χ2v) is 7.73. The Balaban J connectivity index is 1.55. The summed E-state index contributed by atoms with van der Waals surface area (Å²) >= 11 is 0. The van der Waals surface area contributed by atoms with Crippen LogP contribution in [0.2, 0.25) is 0 Å². The van der Waals surface area contributed by atoms with Gasteiger partial charge in [-0.3, -0.25) is 4.79 Å². The number of benzene rings is 2. The zero-order chi connectivity index (χ0) is 22.8. The number of ether oxygens (including phenoxy) is 2. The number of piperidine rings is 1. The van der Waals surface area contributed by atoms with Crippen LogP contribution in [0, 0.1) is 0 Å². The molecule has 1 fully saturated rings. The molecule has 7 nitrogen and oxygen atoms in total. The van der Waals surface area contributed by atoms with Crippen molar-refractivity contribution in [1.29, 1.82) is 0 Å². The highest BCUT2D eigenvalue weighted by Gasteiger charge is 2.19. The van der Waals surface area contributed by atoms with Crippen molar-refractivity contribution in [3.8, 4) is 11.5 Å². The number of amides is 1. The van der Waals surface area contributed by atoms with Gasteiger partial charge in [0.15, 0.2) is 17.5 Å². The Bertz CT molecular complexity index is 912. The predicted molar refractivity (Wildman–Crippen MR) is 129 cm³/mol. The van der Waals surface area contributed by atoms with Crippen LogP contribution in [-0.2, 0) is 17.8 Å². The van der Waals surface area contributed by atoms with Crippen molar-refractivity contribution in [1.82, 2.24) is 10.6 Å². The number of rotatable bonds is 9. The maximum atomic E-state index is 12.1. The quantitative estimate of drug-likeness (QED) is 0.463. The topological polar surface area (TPSA) is 75.2 Å². The van der Waals surface area contributed by atoms with Crippen molar-refractivity contribution < 1.29 is 14.3 Å². The van der Waals surface area contributed by atoms with Gasteiger partial charge in [-0.25, -0.2) is 4.99 Å². The monoisotopic (exact) mass is 438 g/mol. The molecule has 3 rings (SSSR count). The van der Waals surface area contributed by atoms with Crippen LogP contribution in [0.5, 0.6) is 11.5 Å². The van der Waals surface area contributed by atoms with Gasteiger partial charge in [-0.05, 0) is 61.6 Å². The van der Waals surface area contributed by atoms with E-state index >= 15 is 0 Å². The Morgan fingerprint density at radius 3 is 2.44 bits per heavy atom. The van der Waals surface area contributed by atoms with Crippen molar-refractivity contribution in [3.63, 3.8) is 0 Å². The number of carbonyl (C=O) groups excluding carboxylic acids is 1. The van der Waals surface area contributed by atoms with Crippen LogP contribution in [0.1, 0.15) is 37.3 Å². The Labute approximate surface area is 190 Å². The van der Waals surface area contributed by atoms with E-state index in [1.54, 1.807) is 14.2 Å². The Hall–Kier alpha value is -3.22. The Morgan fingerprint density at radius 1 is 1.00 bits per heavy atom. The minimum atomic E-state index is 0.218. The summed E-state index contributed by atoms with van der Waals surface area (Å²) in [5.41, 5.74) is 3.24. The molecule has 0 bridgehead atoms. The summed E-state index contributed by atoms with van der Waals surface area (Å²) in [6.45, 7) is 4.97. The largest absolute Gasteiger partial charge is 0.493 e. The van der Waals surface area contributed by atoms with E-state index in [1.165, 1.54) is 0 Å². The number of carbonyl (C=O) groups is 1. The molecule has 1 saturated heterocycles. The van der Waals surface area contributed by atoms with Gasteiger partial charge < -0.3 is 25.0 Å². The second kappa shape index (κ2) is 12.0. The molecule has 1 aliphatic heterocycles. The van der Waals surface area contributed by atoms with Gasteiger partial charge in [0.1, 0.15) is 0 Å². The van der Waals surface area contributed by atoms with Gasteiger partial charge in [-0.2, -0.15) is 0 Å². The van der Waals surface area contributed by atoms with Gasteiger partial charge in [0, 0.05) is 31.7 Å². The fourth-order valence-electron chi connectivity index (χ4n) is 3.73. The third kappa shape index (κ3) is 6.39. The first-order chi connectivity index (χ1) is 15.6. The molecule has 0 aliphatic carbocycles. The molecule has 2 aromatic rings. The van der Waals surface area contributed by atoms with E-state index in [0.717, 1.165) is 73.2 Å². The molecule has 0 atom stereocenters. The molecule has 0 saturated carbocycles. The summed E-state index contributed by atoms with van der Waals surface area (Å²) in [6, 6.07) is 14.1. The summed E-state index contributed by atoms with van der Waals surface area (Å²) in [5.74, 6) is 2.47. The summed E-state index contributed by atoms with van der Waals surface area (Å²) in [5, 5.41) is 6.68. The number of guanidine groups is 1. The van der Waals surface area contributed by atoms with Crippen molar-refractivity contribution in [2.75, 3.05) is 38.8 Å². The molecule has 0 spiro atoms. The maximum absolute atomic E-state index is 12.1. The van der Waals surface area contributed by atoms with Crippen LogP contribution in [0.4, 0.5) is 5.69 Å². The number of anilines is 1. The lowest BCUT2D eigenvalue weighted by atomic mass is 10.1. The average molecular weight is 439 g/mol. The molecule has 1 amide bonds. The molecular formula is C25H34N4O3. The molecule has 0 unspecified atom stereocenters. The number of methoxy groups -OCH3 is 2. The molecule has 2 aromatic carbocycles. The van der Waals surface area contributed by atoms with Gasteiger partial charge in [-0.1, -0.05) is 18.2 Å². The maximum Gasteiger partial charge on any atom is 0.226 e. The van der Waals surface area contributed by atoms with Gasteiger partial charge in [0.05, 0.1) is 20.8 Å². The Morgan fingerprint density at radius 2 is 1.75 bits per heavy atom. The molecule has 1 heterocycles. The van der Waals surface area contributed by atoms with Gasteiger partial charge in [0.25, 0.3) is 0 Å². The first-order valence-electron chi connectivity index (χ1n) is 11.3. The van der Waals surface area contributed by atoms with E-state index in [4.69, 9.17) is 14.5 Å². The van der Waals surface area contributed by atoms with E-state index in [9.17, 15) is 4.79 Å². The lowest BCUT2D eigenvalue weighted by molar-refractivity contribution is -0.119. The highest BCUT2D eigenvalue weighted by molar-refractivity contribution is 5.93. The van der Waals surface area contributed by atoms with Crippen LogP contribution in [0.15, 0.2) is 47.5 Å². The van der Waals surface area contributed by atoms with Crippen molar-refractivity contribution in [3.05, 3.63) is 53.6 Å². The number of hydrogen-bond donors (Lipinski definition) is 2. The molecular weight excluding hydrogens is 404 g/mol. The highest BCUT2D eigenvalue weighted by Crippen LogP contribution is 2.27. The molecule has 1 aliphatic rings. The van der Waals surface area contributed by atoms with Gasteiger partial charge in [-0.15, -0.1) is 0 Å². The normalized spacial score (nSPS) is 14.3. The first kappa shape index (κ1) is 23.4. The number of aliphatic imine (C=N–C) groups is 1. The molecule has 7 heteroatoms. The van der Waals surface area contributed by atoms with Crippen molar-refractivity contribution in [2.45, 2.75) is 39.2 Å². The van der Waals surface area contributed by atoms with E-state index in [0.29, 0.717) is 13.0 Å². The number of hydrogen-bond acceptors (Lipinski definition) is 4. The molecule has 172 valence electrons. The van der Waals surface area contributed by atoms with Crippen LogP contribution in [-0.4, -0.2) is 45.7 Å². The van der Waals surface area contributed by atoms with Crippen molar-refractivity contribution >= 4 is 17.6 Å². The lowest BCUT2D eigenvalue weighted by Crippen LogP contribution is -2.38. The molecule has 2 N–H and O–H groups in total. The van der Waals surface area contributed by atoms with Crippen LogP contribution in [0.3, 0.4) is 0 Å². The average Bonchev–Trinajstić information content (AvgIpc) is 2.83. The summed E-state index contributed by atoms with van der Waals surface area (Å²) in [7, 11) is 3.28. The summed E-state index contributed by atoms with van der Waals surface area (Å²) in [6.07, 6.45) is 3.55. The number of nitrogens with one attached hydrogen (secondary N) is 2. The first-order valence-corrected chi connectivity index (χ1v) is 11.3. The highest BCUT2D eigenvalue weighted by atomic mass is 16.5. The number of nitrogens with zero attached hydrogens (tertiary/aromatic N) is 2. The van der Waals surface area contributed by atoms with Gasteiger partial charge in [0.2, 0.25) is 5.91 Å². The zero-order valence-corrected chi connectivity index (χ0v) is 19.3. The van der Waals surface area contributed by atoms with Crippen LogP contribution < -0.4 is 25.0 Å². The SMILES string of the molecule is CCNC(=NCc1ccc(N2CCCCC2=O)cc1)NCCc1ccc(OC)c(OC)c1. The third-order valence-corrected chi connectivity index (χ3v) is 5.49. The summed E-state index contributed by atoms with van der Waals surface area (Å²) in [4.78, 5) is 18.7. The smallest absolute Gasteiger partial charge is 0.226 e. The zero-order valence-electron chi connectivity index (χ0n) is 19.3. The third-order valence-electron chi connectivity index (χ3n) is 5.49. The molecule has 32 heavy (non-hydrogen) atoms. The van der Waals surface area contributed by atoms with E-state index in [2.05, 4.69) is 17.6 Å². The van der Waals surface area contributed by atoms with E-state index in [-0.39, 0.29) is 5.91 Å². The van der Waals surface area contributed by atoms with Crippen LogP contribution in [0.25, 0.3) is 0 Å². The minimum absolute atomic E-state index is 0.218. The Kier molecular flexibility index (Phi) is 8.78. The summed E-state index contributed by atoms with van der Waals surface area (Å²) < 4.78 is 10.7. The van der Waals surface area contributed by atoms with Gasteiger partial charge >= 0.3 is 0 Å². The van der Waals surface area contributed by atoms with Crippen molar-refractivity contribution in [2.24, 2.45) is 4.99 Å². The lowest BCUT2D eigenvalue weighted by Gasteiger charge is -2.26. The van der Waals surface area contributed by atoms with E-state index < -0.39 is 0 Å². The predicted octanol–water partition coefficient (Wildman–Crippen LogP) is 3.52. The standard InChI is InChI=1S/C25H34N4O3/c1-4-26-25(27-15-14-19-10-13-22(31-2)23(17-19)32-3)28-18-20-8-11-21(12-9-20)29-16-6-5-7-24(29)30/h8-13,17H,4-7,14-16,18H2,1-3H3,(H2,26,27,28).